The van der Waals surface area contributed by atoms with Crippen LogP contribution in [0.5, 0.6) is 0 Å². The highest BCUT2D eigenvalue weighted by atomic mass is 127. The molecular formula is C19H27IN8. The molecule has 0 bridgehead atoms. The van der Waals surface area contributed by atoms with Gasteiger partial charge in [-0.2, -0.15) is 10.2 Å². The maximum Gasteiger partial charge on any atom is 0.191 e. The van der Waals surface area contributed by atoms with Gasteiger partial charge in [0.15, 0.2) is 5.96 Å². The molecule has 0 aliphatic rings. The van der Waals surface area contributed by atoms with Crippen molar-refractivity contribution in [2.45, 2.75) is 33.9 Å². The van der Waals surface area contributed by atoms with Gasteiger partial charge in [0.05, 0.1) is 24.5 Å². The van der Waals surface area contributed by atoms with Crippen LogP contribution in [0.1, 0.15) is 29.7 Å². The van der Waals surface area contributed by atoms with E-state index < -0.39 is 0 Å². The van der Waals surface area contributed by atoms with E-state index in [4.69, 9.17) is 4.99 Å². The van der Waals surface area contributed by atoms with Crippen LogP contribution in [0.2, 0.25) is 0 Å². The summed E-state index contributed by atoms with van der Waals surface area (Å²) in [4.78, 5) is 8.95. The van der Waals surface area contributed by atoms with Crippen molar-refractivity contribution in [3.63, 3.8) is 0 Å². The fourth-order valence-corrected chi connectivity index (χ4v) is 2.87. The number of para-hydroxylation sites is 1. The lowest BCUT2D eigenvalue weighted by molar-refractivity contribution is 0.673. The summed E-state index contributed by atoms with van der Waals surface area (Å²) in [6, 6.07) is 10.1. The van der Waals surface area contributed by atoms with Gasteiger partial charge in [-0.15, -0.1) is 24.0 Å². The SMILES string of the molecule is CCNC(=NCc1c(C)nn(-c2ccccc2)c1C)NCc1ncnn1C.I. The fourth-order valence-electron chi connectivity index (χ4n) is 2.87. The van der Waals surface area contributed by atoms with Gasteiger partial charge in [0.2, 0.25) is 0 Å². The third-order valence-electron chi connectivity index (χ3n) is 4.40. The van der Waals surface area contributed by atoms with E-state index in [9.17, 15) is 0 Å². The Kier molecular flexibility index (Phi) is 7.97. The molecule has 0 spiro atoms. The highest BCUT2D eigenvalue weighted by molar-refractivity contribution is 14.0. The minimum absolute atomic E-state index is 0. The van der Waals surface area contributed by atoms with Crippen LogP contribution in [0, 0.1) is 13.8 Å². The Morgan fingerprint density at radius 2 is 1.89 bits per heavy atom. The summed E-state index contributed by atoms with van der Waals surface area (Å²) in [5.74, 6) is 1.59. The lowest BCUT2D eigenvalue weighted by Gasteiger charge is -2.11. The normalized spacial score (nSPS) is 11.2. The molecule has 3 rings (SSSR count). The van der Waals surface area contributed by atoms with Crippen LogP contribution in [0.25, 0.3) is 5.69 Å². The Morgan fingerprint density at radius 1 is 1.14 bits per heavy atom. The lowest BCUT2D eigenvalue weighted by Crippen LogP contribution is -2.37. The second-order valence-corrected chi connectivity index (χ2v) is 6.25. The van der Waals surface area contributed by atoms with Gasteiger partial charge in [-0.1, -0.05) is 18.2 Å². The van der Waals surface area contributed by atoms with Gasteiger partial charge in [-0.3, -0.25) is 4.68 Å². The van der Waals surface area contributed by atoms with E-state index in [1.807, 2.05) is 43.8 Å². The fraction of sp³-hybridized carbons (Fsp3) is 0.368. The number of benzene rings is 1. The lowest BCUT2D eigenvalue weighted by atomic mass is 10.2. The van der Waals surface area contributed by atoms with Gasteiger partial charge >= 0.3 is 0 Å². The molecule has 1 aromatic carbocycles. The van der Waals surface area contributed by atoms with Crippen molar-refractivity contribution in [2.24, 2.45) is 12.0 Å². The first-order valence-electron chi connectivity index (χ1n) is 9.05. The molecule has 2 heterocycles. The number of hydrogen-bond donors (Lipinski definition) is 2. The molecule has 0 fully saturated rings. The van der Waals surface area contributed by atoms with E-state index in [0.717, 1.165) is 41.0 Å². The molecule has 150 valence electrons. The van der Waals surface area contributed by atoms with Crippen LogP contribution < -0.4 is 10.6 Å². The van der Waals surface area contributed by atoms with Crippen LogP contribution in [0.15, 0.2) is 41.7 Å². The van der Waals surface area contributed by atoms with Crippen molar-refractivity contribution in [3.05, 3.63) is 59.4 Å². The van der Waals surface area contributed by atoms with Crippen molar-refractivity contribution in [2.75, 3.05) is 6.54 Å². The van der Waals surface area contributed by atoms with E-state index in [-0.39, 0.29) is 24.0 Å². The summed E-state index contributed by atoms with van der Waals surface area (Å²) in [6.07, 6.45) is 1.55. The van der Waals surface area contributed by atoms with E-state index in [0.29, 0.717) is 13.1 Å². The van der Waals surface area contributed by atoms with Crippen LogP contribution in [0.4, 0.5) is 0 Å². The molecule has 0 saturated carbocycles. The summed E-state index contributed by atoms with van der Waals surface area (Å²) < 4.78 is 3.72. The smallest absolute Gasteiger partial charge is 0.191 e. The molecule has 3 aromatic rings. The third-order valence-corrected chi connectivity index (χ3v) is 4.40. The van der Waals surface area contributed by atoms with Gasteiger partial charge in [-0.25, -0.2) is 14.7 Å². The summed E-state index contributed by atoms with van der Waals surface area (Å²) in [5.41, 5.74) is 4.28. The zero-order valence-corrected chi connectivity index (χ0v) is 19.0. The highest BCUT2D eigenvalue weighted by Crippen LogP contribution is 2.18. The Bertz CT molecular complexity index is 913. The van der Waals surface area contributed by atoms with E-state index in [2.05, 4.69) is 44.9 Å². The second kappa shape index (κ2) is 10.2. The Labute approximate surface area is 182 Å². The van der Waals surface area contributed by atoms with Crippen molar-refractivity contribution in [3.8, 4) is 5.69 Å². The first kappa shape index (κ1) is 21.9. The first-order chi connectivity index (χ1) is 13.1. The monoisotopic (exact) mass is 494 g/mol. The highest BCUT2D eigenvalue weighted by Gasteiger charge is 2.12. The third kappa shape index (κ3) is 5.09. The van der Waals surface area contributed by atoms with Gasteiger partial charge in [0.25, 0.3) is 0 Å². The Balaban J connectivity index is 0.00000280. The largest absolute Gasteiger partial charge is 0.357 e. The first-order valence-corrected chi connectivity index (χ1v) is 9.05. The summed E-state index contributed by atoms with van der Waals surface area (Å²) in [6.45, 7) is 8.05. The molecule has 0 amide bonds. The second-order valence-electron chi connectivity index (χ2n) is 6.25. The molecule has 0 aliphatic carbocycles. The van der Waals surface area contributed by atoms with Gasteiger partial charge in [0.1, 0.15) is 12.2 Å². The Hall–Kier alpha value is -2.43. The number of aryl methyl sites for hydroxylation is 2. The maximum atomic E-state index is 4.73. The standard InChI is InChI=1S/C19H26N8.HI/c1-5-20-19(22-12-18-23-13-24-26(18)4)21-11-17-14(2)25-27(15(17)3)16-9-7-6-8-10-16;/h6-10,13H,5,11-12H2,1-4H3,(H2,20,21,22);1H. The maximum absolute atomic E-state index is 4.73. The molecule has 28 heavy (non-hydrogen) atoms. The zero-order chi connectivity index (χ0) is 19.2. The van der Waals surface area contributed by atoms with Crippen LogP contribution in [-0.2, 0) is 20.1 Å². The molecule has 0 unspecified atom stereocenters. The minimum atomic E-state index is 0. The molecule has 0 atom stereocenters. The number of guanidine groups is 1. The molecule has 0 radical (unpaired) electrons. The van der Waals surface area contributed by atoms with Crippen molar-refractivity contribution >= 4 is 29.9 Å². The molecular weight excluding hydrogens is 467 g/mol. The van der Waals surface area contributed by atoms with E-state index >= 15 is 0 Å². The predicted octanol–water partition coefficient (Wildman–Crippen LogP) is 2.49. The number of aromatic nitrogens is 5. The number of aliphatic imine (C=N–C) groups is 1. The quantitative estimate of drug-likeness (QED) is 0.313. The van der Waals surface area contributed by atoms with Crippen molar-refractivity contribution in [1.29, 1.82) is 0 Å². The molecule has 8 nitrogen and oxygen atoms in total. The molecule has 9 heteroatoms. The summed E-state index contributed by atoms with van der Waals surface area (Å²) >= 11 is 0. The van der Waals surface area contributed by atoms with Crippen molar-refractivity contribution < 1.29 is 0 Å². The number of halogens is 1. The molecule has 0 aliphatic heterocycles. The number of hydrogen-bond acceptors (Lipinski definition) is 4. The number of nitrogens with one attached hydrogen (secondary N) is 2. The topological polar surface area (TPSA) is 84.9 Å². The summed E-state index contributed by atoms with van der Waals surface area (Å²) in [5, 5.41) is 15.3. The Morgan fingerprint density at radius 3 is 2.54 bits per heavy atom. The van der Waals surface area contributed by atoms with Crippen molar-refractivity contribution in [1.82, 2.24) is 35.2 Å². The van der Waals surface area contributed by atoms with Crippen LogP contribution in [0.3, 0.4) is 0 Å². The van der Waals surface area contributed by atoms with E-state index in [1.165, 1.54) is 0 Å². The summed E-state index contributed by atoms with van der Waals surface area (Å²) in [7, 11) is 1.87. The average molecular weight is 494 g/mol. The predicted molar refractivity (Wildman–Crippen MR) is 121 cm³/mol. The number of nitrogens with zero attached hydrogens (tertiary/aromatic N) is 6. The minimum Gasteiger partial charge on any atom is -0.357 e. The molecule has 0 saturated heterocycles. The number of rotatable bonds is 6. The van der Waals surface area contributed by atoms with Crippen LogP contribution >= 0.6 is 24.0 Å². The van der Waals surface area contributed by atoms with Gasteiger partial charge in [-0.05, 0) is 32.9 Å². The molecule has 2 aromatic heterocycles. The van der Waals surface area contributed by atoms with E-state index in [1.54, 1.807) is 11.0 Å². The molecule has 2 N–H and O–H groups in total. The van der Waals surface area contributed by atoms with Crippen LogP contribution in [-0.4, -0.2) is 37.0 Å². The average Bonchev–Trinajstić information content (AvgIpc) is 3.21. The van der Waals surface area contributed by atoms with Gasteiger partial charge in [0, 0.05) is 24.8 Å². The zero-order valence-electron chi connectivity index (χ0n) is 16.7. The van der Waals surface area contributed by atoms with Gasteiger partial charge < -0.3 is 10.6 Å².